The molecule has 0 fully saturated rings. The Bertz CT molecular complexity index is 733. The summed E-state index contributed by atoms with van der Waals surface area (Å²) in [7, 11) is 0. The zero-order chi connectivity index (χ0) is 15.1. The smallest absolute Gasteiger partial charge is 0.201 e. The molecule has 1 aliphatic heterocycles. The lowest BCUT2D eigenvalue weighted by atomic mass is 10.0. The summed E-state index contributed by atoms with van der Waals surface area (Å²) in [6.45, 7) is 0. The number of aliphatic hydroxyl groups is 1. The number of phenolic OH excluding ortho intramolecular Hbond substituents is 4. The number of phenols is 4. The molecule has 21 heavy (non-hydrogen) atoms. The van der Waals surface area contributed by atoms with Crippen LogP contribution in [0.3, 0.4) is 0 Å². The monoisotopic (exact) mass is 288 g/mol. The largest absolute Gasteiger partial charge is 0.508 e. The van der Waals surface area contributed by atoms with Crippen molar-refractivity contribution >= 4 is 6.08 Å². The second-order valence-electron chi connectivity index (χ2n) is 4.66. The van der Waals surface area contributed by atoms with Crippen molar-refractivity contribution in [3.8, 4) is 28.7 Å². The van der Waals surface area contributed by atoms with Crippen LogP contribution in [0.4, 0.5) is 0 Å². The molecule has 1 atom stereocenters. The second-order valence-corrected chi connectivity index (χ2v) is 4.66. The summed E-state index contributed by atoms with van der Waals surface area (Å²) in [4.78, 5) is 0. The minimum absolute atomic E-state index is 0.0813. The van der Waals surface area contributed by atoms with Crippen LogP contribution in [0, 0.1) is 0 Å². The zero-order valence-corrected chi connectivity index (χ0v) is 10.7. The number of aliphatic hydroxyl groups excluding tert-OH is 1. The Balaban J connectivity index is 2.07. The van der Waals surface area contributed by atoms with Crippen LogP contribution in [0.5, 0.6) is 28.7 Å². The van der Waals surface area contributed by atoms with Crippen molar-refractivity contribution in [3.05, 3.63) is 47.2 Å². The van der Waals surface area contributed by atoms with Gasteiger partial charge in [0, 0.05) is 11.6 Å². The van der Waals surface area contributed by atoms with Crippen LogP contribution in [0.1, 0.15) is 17.2 Å². The molecule has 0 aliphatic carbocycles. The first-order valence-electron chi connectivity index (χ1n) is 6.11. The molecular weight excluding hydrogens is 276 g/mol. The maximum absolute atomic E-state index is 10.0. The van der Waals surface area contributed by atoms with Gasteiger partial charge in [-0.05, 0) is 18.2 Å². The molecule has 3 rings (SSSR count). The molecule has 0 radical (unpaired) electrons. The van der Waals surface area contributed by atoms with Gasteiger partial charge in [-0.25, -0.2) is 0 Å². The molecule has 5 N–H and O–H groups in total. The van der Waals surface area contributed by atoms with Crippen molar-refractivity contribution < 1.29 is 30.3 Å². The van der Waals surface area contributed by atoms with E-state index >= 15 is 0 Å². The number of aromatic hydroxyl groups is 4. The molecule has 0 bridgehead atoms. The fourth-order valence-electron chi connectivity index (χ4n) is 2.17. The van der Waals surface area contributed by atoms with Gasteiger partial charge in [0.25, 0.3) is 0 Å². The van der Waals surface area contributed by atoms with Gasteiger partial charge in [-0.15, -0.1) is 0 Å². The second kappa shape index (κ2) is 4.52. The Morgan fingerprint density at radius 3 is 2.19 bits per heavy atom. The number of benzene rings is 2. The van der Waals surface area contributed by atoms with E-state index in [0.717, 1.165) is 6.07 Å². The SMILES string of the molecule is OC1=Cc2c(cc(O)c(O)c2O)OC1c1ccc(O)cc1. The first-order chi connectivity index (χ1) is 9.97. The van der Waals surface area contributed by atoms with Crippen molar-refractivity contribution in [2.45, 2.75) is 6.10 Å². The molecule has 108 valence electrons. The summed E-state index contributed by atoms with van der Waals surface area (Å²) in [5, 5.41) is 48.0. The number of fused-ring (bicyclic) bond motifs is 1. The number of rotatable bonds is 1. The van der Waals surface area contributed by atoms with Crippen molar-refractivity contribution in [2.75, 3.05) is 0 Å². The molecular formula is C15H12O6. The molecule has 0 saturated heterocycles. The zero-order valence-electron chi connectivity index (χ0n) is 10.7. The number of hydrogen-bond acceptors (Lipinski definition) is 6. The Morgan fingerprint density at radius 1 is 0.857 bits per heavy atom. The third-order valence-electron chi connectivity index (χ3n) is 3.26. The highest BCUT2D eigenvalue weighted by molar-refractivity contribution is 5.73. The lowest BCUT2D eigenvalue weighted by molar-refractivity contribution is 0.173. The van der Waals surface area contributed by atoms with Gasteiger partial charge in [0.1, 0.15) is 17.3 Å². The number of ether oxygens (including phenoxy) is 1. The van der Waals surface area contributed by atoms with E-state index in [2.05, 4.69) is 0 Å². The van der Waals surface area contributed by atoms with Crippen LogP contribution in [-0.2, 0) is 0 Å². The summed E-state index contributed by atoms with van der Waals surface area (Å²) in [6, 6.07) is 7.21. The van der Waals surface area contributed by atoms with Gasteiger partial charge >= 0.3 is 0 Å². The molecule has 6 nitrogen and oxygen atoms in total. The molecule has 6 heteroatoms. The highest BCUT2D eigenvalue weighted by Crippen LogP contribution is 2.48. The lowest BCUT2D eigenvalue weighted by Crippen LogP contribution is -2.14. The Labute approximate surface area is 119 Å². The van der Waals surface area contributed by atoms with Crippen molar-refractivity contribution in [3.63, 3.8) is 0 Å². The lowest BCUT2D eigenvalue weighted by Gasteiger charge is -2.25. The summed E-state index contributed by atoms with van der Waals surface area (Å²) >= 11 is 0. The summed E-state index contributed by atoms with van der Waals surface area (Å²) in [5.41, 5.74) is 0.664. The molecule has 2 aromatic rings. The van der Waals surface area contributed by atoms with Gasteiger partial charge in [0.15, 0.2) is 17.6 Å². The molecule has 0 aromatic heterocycles. The van der Waals surface area contributed by atoms with E-state index in [1.807, 2.05) is 0 Å². The van der Waals surface area contributed by atoms with E-state index in [1.165, 1.54) is 18.2 Å². The van der Waals surface area contributed by atoms with Gasteiger partial charge in [-0.1, -0.05) is 12.1 Å². The van der Waals surface area contributed by atoms with Crippen molar-refractivity contribution in [1.82, 2.24) is 0 Å². The standard InChI is InChI=1S/C15H12O6/c16-8-3-1-7(2-4-8)15-11(18)5-9-12(21-15)6-10(17)14(20)13(9)19/h1-6,15-20H. The van der Waals surface area contributed by atoms with Crippen LogP contribution in [-0.4, -0.2) is 25.5 Å². The summed E-state index contributed by atoms with van der Waals surface area (Å²) in [5.74, 6) is -1.73. The third-order valence-corrected chi connectivity index (χ3v) is 3.26. The third kappa shape index (κ3) is 2.06. The quantitative estimate of drug-likeness (QED) is 0.516. The maximum atomic E-state index is 10.0. The van der Waals surface area contributed by atoms with Gasteiger partial charge in [0.05, 0.1) is 5.56 Å². The summed E-state index contributed by atoms with van der Waals surface area (Å²) in [6.07, 6.45) is 0.423. The molecule has 1 unspecified atom stereocenters. The van der Waals surface area contributed by atoms with E-state index in [-0.39, 0.29) is 22.8 Å². The van der Waals surface area contributed by atoms with Crippen LogP contribution in [0.2, 0.25) is 0 Å². The minimum atomic E-state index is -0.832. The van der Waals surface area contributed by atoms with Gasteiger partial charge in [-0.3, -0.25) is 0 Å². The van der Waals surface area contributed by atoms with E-state index in [9.17, 15) is 25.5 Å². The van der Waals surface area contributed by atoms with E-state index < -0.39 is 23.4 Å². The molecule has 0 spiro atoms. The first-order valence-corrected chi connectivity index (χ1v) is 6.11. The molecule has 0 amide bonds. The van der Waals surface area contributed by atoms with E-state index in [0.29, 0.717) is 5.56 Å². The van der Waals surface area contributed by atoms with Crippen molar-refractivity contribution in [1.29, 1.82) is 0 Å². The fraction of sp³-hybridized carbons (Fsp3) is 0.0667. The minimum Gasteiger partial charge on any atom is -0.508 e. The average molecular weight is 288 g/mol. The van der Waals surface area contributed by atoms with Crippen molar-refractivity contribution in [2.24, 2.45) is 0 Å². The predicted octanol–water partition coefficient (Wildman–Crippen LogP) is 2.54. The molecule has 1 heterocycles. The fourth-order valence-corrected chi connectivity index (χ4v) is 2.17. The van der Waals surface area contributed by atoms with Crippen LogP contribution in [0.15, 0.2) is 36.1 Å². The van der Waals surface area contributed by atoms with Crippen LogP contribution >= 0.6 is 0 Å². The highest BCUT2D eigenvalue weighted by atomic mass is 16.5. The Kier molecular flexibility index (Phi) is 2.79. The first kappa shape index (κ1) is 13.0. The average Bonchev–Trinajstić information content (AvgIpc) is 2.47. The van der Waals surface area contributed by atoms with Crippen LogP contribution < -0.4 is 4.74 Å². The Morgan fingerprint density at radius 2 is 1.52 bits per heavy atom. The van der Waals surface area contributed by atoms with Gasteiger partial charge < -0.3 is 30.3 Å². The maximum Gasteiger partial charge on any atom is 0.201 e. The van der Waals surface area contributed by atoms with Crippen LogP contribution in [0.25, 0.3) is 6.08 Å². The van der Waals surface area contributed by atoms with E-state index in [4.69, 9.17) is 4.74 Å². The van der Waals surface area contributed by atoms with E-state index in [1.54, 1.807) is 12.1 Å². The van der Waals surface area contributed by atoms with Gasteiger partial charge in [-0.2, -0.15) is 0 Å². The molecule has 0 saturated carbocycles. The molecule has 2 aromatic carbocycles. The normalized spacial score (nSPS) is 16.8. The topological polar surface area (TPSA) is 110 Å². The molecule has 1 aliphatic rings. The van der Waals surface area contributed by atoms with Gasteiger partial charge in [0.2, 0.25) is 5.75 Å². The Hall–Kier alpha value is -3.02. The highest BCUT2D eigenvalue weighted by Gasteiger charge is 2.28. The summed E-state index contributed by atoms with van der Waals surface area (Å²) < 4.78 is 5.56. The number of hydrogen-bond donors (Lipinski definition) is 5. The predicted molar refractivity (Wildman–Crippen MR) is 73.5 cm³/mol.